The summed E-state index contributed by atoms with van der Waals surface area (Å²) < 4.78 is 5.52. The monoisotopic (exact) mass is 292 g/mol. The zero-order valence-corrected chi connectivity index (χ0v) is 11.4. The molecule has 1 aromatic heterocycles. The number of ether oxygens (including phenoxy) is 1. The van der Waals surface area contributed by atoms with Gasteiger partial charge in [0.05, 0.1) is 5.56 Å². The topological polar surface area (TPSA) is 83.8 Å². The molecule has 0 aliphatic rings. The van der Waals surface area contributed by atoms with E-state index in [0.717, 1.165) is 12.0 Å². The Morgan fingerprint density at radius 1 is 1.20 bits per heavy atom. The molecule has 20 heavy (non-hydrogen) atoms. The summed E-state index contributed by atoms with van der Waals surface area (Å²) in [6, 6.07) is 5.50. The maximum atomic E-state index is 11.1. The van der Waals surface area contributed by atoms with Crippen molar-refractivity contribution in [2.45, 2.75) is 13.3 Å². The highest BCUT2D eigenvalue weighted by Crippen LogP contribution is 2.31. The SMILES string of the molecule is CCc1csc(Oc2cc(C(=O)O)ccc2C(=O)O)c1. The second kappa shape index (κ2) is 5.75. The van der Waals surface area contributed by atoms with Gasteiger partial charge in [0.1, 0.15) is 11.3 Å². The molecule has 1 heterocycles. The van der Waals surface area contributed by atoms with Crippen molar-refractivity contribution in [3.63, 3.8) is 0 Å². The molecule has 0 amide bonds. The van der Waals surface area contributed by atoms with Crippen LogP contribution < -0.4 is 4.74 Å². The standard InChI is InChI=1S/C14H12O5S/c1-2-8-5-12(20-7-8)19-11-6-9(13(15)16)3-4-10(11)14(17)18/h3-7H,2H2,1H3,(H,15,16)(H,17,18). The third-order valence-corrected chi connectivity index (χ3v) is 3.56. The first-order chi connectivity index (χ1) is 9.51. The van der Waals surface area contributed by atoms with Gasteiger partial charge < -0.3 is 14.9 Å². The maximum Gasteiger partial charge on any atom is 0.339 e. The average Bonchev–Trinajstić information content (AvgIpc) is 2.86. The van der Waals surface area contributed by atoms with Gasteiger partial charge in [0.25, 0.3) is 0 Å². The molecular weight excluding hydrogens is 280 g/mol. The molecule has 0 radical (unpaired) electrons. The van der Waals surface area contributed by atoms with Crippen LogP contribution in [0.5, 0.6) is 10.8 Å². The molecule has 5 nitrogen and oxygen atoms in total. The highest BCUT2D eigenvalue weighted by atomic mass is 32.1. The first-order valence-corrected chi connectivity index (χ1v) is 6.75. The van der Waals surface area contributed by atoms with E-state index in [1.807, 2.05) is 18.4 Å². The summed E-state index contributed by atoms with van der Waals surface area (Å²) in [6.45, 7) is 2.00. The normalized spacial score (nSPS) is 10.2. The zero-order chi connectivity index (χ0) is 14.7. The number of thiophene rings is 1. The molecule has 0 unspecified atom stereocenters. The predicted octanol–water partition coefficient (Wildman–Crippen LogP) is 3.50. The number of rotatable bonds is 5. The third-order valence-electron chi connectivity index (χ3n) is 2.71. The molecule has 2 aromatic rings. The fourth-order valence-electron chi connectivity index (χ4n) is 1.62. The first kappa shape index (κ1) is 14.1. The Kier molecular flexibility index (Phi) is 4.05. The molecule has 0 atom stereocenters. The minimum absolute atomic E-state index is 0.0164. The van der Waals surface area contributed by atoms with Crippen molar-refractivity contribution in [3.05, 3.63) is 46.3 Å². The summed E-state index contributed by atoms with van der Waals surface area (Å²) in [6.07, 6.45) is 0.848. The minimum atomic E-state index is -1.16. The Bertz CT molecular complexity index is 659. The number of hydrogen-bond acceptors (Lipinski definition) is 4. The number of carbonyl (C=O) groups is 2. The van der Waals surface area contributed by atoms with Crippen LogP contribution in [0, 0.1) is 0 Å². The van der Waals surface area contributed by atoms with E-state index in [1.54, 1.807) is 0 Å². The van der Waals surface area contributed by atoms with E-state index in [0.29, 0.717) is 5.06 Å². The predicted molar refractivity (Wildman–Crippen MR) is 74.1 cm³/mol. The van der Waals surface area contributed by atoms with Gasteiger partial charge in [-0.2, -0.15) is 0 Å². The molecule has 0 aliphatic carbocycles. The van der Waals surface area contributed by atoms with Crippen LogP contribution in [0.2, 0.25) is 0 Å². The van der Waals surface area contributed by atoms with Gasteiger partial charge in [-0.3, -0.25) is 0 Å². The molecule has 6 heteroatoms. The lowest BCUT2D eigenvalue weighted by molar-refractivity contribution is 0.0678. The van der Waals surface area contributed by atoms with Gasteiger partial charge in [-0.15, -0.1) is 11.3 Å². The Labute approximate surface area is 119 Å². The Balaban J connectivity index is 2.39. The number of carboxylic acid groups (broad SMARTS) is 2. The summed E-state index contributed by atoms with van der Waals surface area (Å²) >= 11 is 1.34. The summed E-state index contributed by atoms with van der Waals surface area (Å²) in [7, 11) is 0. The Morgan fingerprint density at radius 3 is 2.50 bits per heavy atom. The molecule has 0 spiro atoms. The van der Waals surface area contributed by atoms with E-state index < -0.39 is 11.9 Å². The van der Waals surface area contributed by atoms with Crippen molar-refractivity contribution in [1.82, 2.24) is 0 Å². The van der Waals surface area contributed by atoms with Crippen LogP contribution in [0.4, 0.5) is 0 Å². The van der Waals surface area contributed by atoms with E-state index in [9.17, 15) is 9.59 Å². The van der Waals surface area contributed by atoms with Gasteiger partial charge in [-0.25, -0.2) is 9.59 Å². The second-order valence-electron chi connectivity index (χ2n) is 4.05. The van der Waals surface area contributed by atoms with Crippen molar-refractivity contribution < 1.29 is 24.5 Å². The van der Waals surface area contributed by atoms with E-state index in [4.69, 9.17) is 14.9 Å². The number of aromatic carboxylic acids is 2. The molecule has 0 fully saturated rings. The smallest absolute Gasteiger partial charge is 0.339 e. The average molecular weight is 292 g/mol. The molecule has 2 rings (SSSR count). The van der Waals surface area contributed by atoms with Crippen LogP contribution in [0.15, 0.2) is 29.6 Å². The van der Waals surface area contributed by atoms with Crippen molar-refractivity contribution in [3.8, 4) is 10.8 Å². The van der Waals surface area contributed by atoms with Crippen LogP contribution in [-0.4, -0.2) is 22.2 Å². The fourth-order valence-corrected chi connectivity index (χ4v) is 2.48. The van der Waals surface area contributed by atoms with Crippen molar-refractivity contribution in [1.29, 1.82) is 0 Å². The molecule has 104 valence electrons. The van der Waals surface area contributed by atoms with E-state index in [1.165, 1.54) is 29.5 Å². The van der Waals surface area contributed by atoms with Gasteiger partial charge in [0, 0.05) is 0 Å². The van der Waals surface area contributed by atoms with Crippen molar-refractivity contribution in [2.75, 3.05) is 0 Å². The zero-order valence-electron chi connectivity index (χ0n) is 10.6. The lowest BCUT2D eigenvalue weighted by Crippen LogP contribution is -2.03. The molecule has 0 saturated heterocycles. The Hall–Kier alpha value is -2.34. The van der Waals surface area contributed by atoms with Crippen LogP contribution in [0.3, 0.4) is 0 Å². The third kappa shape index (κ3) is 2.97. The molecule has 2 N–H and O–H groups in total. The first-order valence-electron chi connectivity index (χ1n) is 5.87. The second-order valence-corrected chi connectivity index (χ2v) is 4.92. The molecule has 0 bridgehead atoms. The van der Waals surface area contributed by atoms with Crippen LogP contribution >= 0.6 is 11.3 Å². The van der Waals surface area contributed by atoms with Crippen molar-refractivity contribution in [2.24, 2.45) is 0 Å². The lowest BCUT2D eigenvalue weighted by atomic mass is 10.1. The lowest BCUT2D eigenvalue weighted by Gasteiger charge is -2.07. The fraction of sp³-hybridized carbons (Fsp3) is 0.143. The minimum Gasteiger partial charge on any atom is -0.478 e. The van der Waals surface area contributed by atoms with Gasteiger partial charge in [0.15, 0.2) is 5.06 Å². The Morgan fingerprint density at radius 2 is 1.95 bits per heavy atom. The van der Waals surface area contributed by atoms with E-state index in [2.05, 4.69) is 0 Å². The van der Waals surface area contributed by atoms with Gasteiger partial charge in [-0.1, -0.05) is 6.92 Å². The molecule has 0 aliphatic heterocycles. The van der Waals surface area contributed by atoms with E-state index in [-0.39, 0.29) is 16.9 Å². The van der Waals surface area contributed by atoms with Crippen LogP contribution in [0.1, 0.15) is 33.2 Å². The summed E-state index contributed by atoms with van der Waals surface area (Å²) in [4.78, 5) is 22.1. The molecule has 0 saturated carbocycles. The number of hydrogen-bond donors (Lipinski definition) is 2. The number of benzene rings is 1. The van der Waals surface area contributed by atoms with Gasteiger partial charge in [-0.05, 0) is 41.6 Å². The maximum absolute atomic E-state index is 11.1. The van der Waals surface area contributed by atoms with Crippen molar-refractivity contribution >= 4 is 23.3 Å². The molecular formula is C14H12O5S. The van der Waals surface area contributed by atoms with E-state index >= 15 is 0 Å². The molecule has 1 aromatic carbocycles. The quantitative estimate of drug-likeness (QED) is 0.881. The highest BCUT2D eigenvalue weighted by Gasteiger charge is 2.16. The largest absolute Gasteiger partial charge is 0.478 e. The number of aryl methyl sites for hydroxylation is 1. The summed E-state index contributed by atoms with van der Waals surface area (Å²) in [5, 5.41) is 20.5. The van der Waals surface area contributed by atoms with Gasteiger partial charge in [0.2, 0.25) is 0 Å². The van der Waals surface area contributed by atoms with Gasteiger partial charge >= 0.3 is 11.9 Å². The summed E-state index contributed by atoms with van der Waals surface area (Å²) in [5.41, 5.74) is 0.995. The highest BCUT2D eigenvalue weighted by molar-refractivity contribution is 7.12. The van der Waals surface area contributed by atoms with Crippen LogP contribution in [0.25, 0.3) is 0 Å². The number of carboxylic acids is 2. The summed E-state index contributed by atoms with van der Waals surface area (Å²) in [5.74, 6) is -2.27. The van der Waals surface area contributed by atoms with Crippen LogP contribution in [-0.2, 0) is 6.42 Å².